The number of nitro groups is 1. The molecule has 0 atom stereocenters. The van der Waals surface area contributed by atoms with Crippen molar-refractivity contribution in [1.29, 1.82) is 0 Å². The maximum atomic E-state index is 12.0. The second kappa shape index (κ2) is 27.8. The first kappa shape index (κ1) is 49.4. The molecule has 14 heteroatoms. The van der Waals surface area contributed by atoms with E-state index in [-0.39, 0.29) is 66.1 Å². The highest BCUT2D eigenvalue weighted by Gasteiger charge is 2.16. The zero-order valence-corrected chi connectivity index (χ0v) is 36.8. The average molecular weight is 841 g/mol. The van der Waals surface area contributed by atoms with E-state index >= 15 is 0 Å². The van der Waals surface area contributed by atoms with Gasteiger partial charge in [-0.2, -0.15) is 10.2 Å². The van der Waals surface area contributed by atoms with Gasteiger partial charge in [-0.1, -0.05) is 91.2 Å². The standard InChI is InChI=1S/C47H64N6O8/c1-8-10-12-14-16-18-26-52(27-19-17-15-13-11-9-2)40-24-25-41(37(7)32-40)49-51-43-34-44(58-28-30-60-46(54)35(3)4)42(33-45(43)59-29-31-61-47(55)36(5)6)50-48-38-20-22-39(23-21-38)53(56)57/h20-25,32-34H,3,5,8-19,26-31H2,1-2,4,6-7H3. The molecule has 61 heavy (non-hydrogen) atoms. The van der Waals surface area contributed by atoms with E-state index < -0.39 is 16.9 Å². The van der Waals surface area contributed by atoms with Gasteiger partial charge in [0.25, 0.3) is 5.69 Å². The van der Waals surface area contributed by atoms with Crippen LogP contribution in [0.15, 0.2) is 99.4 Å². The Labute approximate surface area is 361 Å². The van der Waals surface area contributed by atoms with Gasteiger partial charge < -0.3 is 23.8 Å². The summed E-state index contributed by atoms with van der Waals surface area (Å²) in [6.45, 7) is 18.6. The van der Waals surface area contributed by atoms with E-state index in [4.69, 9.17) is 18.9 Å². The van der Waals surface area contributed by atoms with Gasteiger partial charge >= 0.3 is 11.9 Å². The second-order valence-electron chi connectivity index (χ2n) is 15.0. The van der Waals surface area contributed by atoms with Crippen molar-refractivity contribution in [1.82, 2.24) is 0 Å². The van der Waals surface area contributed by atoms with Crippen molar-refractivity contribution < 1.29 is 33.5 Å². The van der Waals surface area contributed by atoms with Crippen LogP contribution in [0.5, 0.6) is 11.5 Å². The number of hydrogen-bond acceptors (Lipinski definition) is 13. The minimum Gasteiger partial charge on any atom is -0.488 e. The van der Waals surface area contributed by atoms with E-state index in [1.54, 1.807) is 26.0 Å². The highest BCUT2D eigenvalue weighted by molar-refractivity contribution is 5.87. The summed E-state index contributed by atoms with van der Waals surface area (Å²) in [6.07, 6.45) is 14.9. The van der Waals surface area contributed by atoms with Crippen molar-refractivity contribution in [2.24, 2.45) is 20.5 Å². The van der Waals surface area contributed by atoms with Crippen LogP contribution in [0.2, 0.25) is 0 Å². The number of azo groups is 2. The van der Waals surface area contributed by atoms with Gasteiger partial charge in [-0.15, -0.1) is 10.2 Å². The van der Waals surface area contributed by atoms with E-state index in [0.717, 1.165) is 37.2 Å². The molecule has 0 amide bonds. The summed E-state index contributed by atoms with van der Waals surface area (Å²) in [6, 6.07) is 14.9. The molecular formula is C47H64N6O8. The highest BCUT2D eigenvalue weighted by Crippen LogP contribution is 2.42. The first-order valence-electron chi connectivity index (χ1n) is 21.5. The molecule has 0 aromatic heterocycles. The quantitative estimate of drug-likeness (QED) is 0.0158. The SMILES string of the molecule is C=C(C)C(=O)OCCOc1cc(N=Nc2ccc(N(CCCCCCCC)CCCCCCCC)cc2C)c(OCCOC(=O)C(=C)C)cc1N=Nc1ccc([N+](=O)[O-])cc1. The molecule has 0 heterocycles. The zero-order chi connectivity index (χ0) is 44.4. The van der Waals surface area contributed by atoms with Crippen molar-refractivity contribution in [2.75, 3.05) is 44.4 Å². The molecule has 0 aliphatic heterocycles. The van der Waals surface area contributed by atoms with Crippen LogP contribution in [0.3, 0.4) is 0 Å². The maximum absolute atomic E-state index is 12.0. The van der Waals surface area contributed by atoms with Crippen LogP contribution in [0, 0.1) is 17.0 Å². The second-order valence-corrected chi connectivity index (χ2v) is 15.0. The largest absolute Gasteiger partial charge is 0.488 e. The van der Waals surface area contributed by atoms with Crippen LogP contribution < -0.4 is 14.4 Å². The number of nitro benzene ring substituents is 1. The van der Waals surface area contributed by atoms with Crippen molar-refractivity contribution in [2.45, 2.75) is 112 Å². The molecular weight excluding hydrogens is 777 g/mol. The number of esters is 2. The predicted molar refractivity (Wildman–Crippen MR) is 241 cm³/mol. The monoisotopic (exact) mass is 840 g/mol. The van der Waals surface area contributed by atoms with E-state index in [9.17, 15) is 19.7 Å². The lowest BCUT2D eigenvalue weighted by Gasteiger charge is -2.26. The third kappa shape index (κ3) is 18.5. The number of carbonyl (C=O) groups excluding carboxylic acids is 2. The molecule has 3 aromatic rings. The van der Waals surface area contributed by atoms with E-state index in [2.05, 4.69) is 64.5 Å². The molecule has 0 N–H and O–H groups in total. The van der Waals surface area contributed by atoms with Gasteiger partial charge in [-0.05, 0) is 69.5 Å². The van der Waals surface area contributed by atoms with Crippen LogP contribution in [0.25, 0.3) is 0 Å². The molecule has 0 bridgehead atoms. The van der Waals surface area contributed by atoms with Crippen molar-refractivity contribution in [3.8, 4) is 11.5 Å². The average Bonchev–Trinajstić information content (AvgIpc) is 3.24. The Morgan fingerprint density at radius 2 is 1.08 bits per heavy atom. The molecule has 330 valence electrons. The Hall–Kier alpha value is -5.92. The molecule has 0 fully saturated rings. The summed E-state index contributed by atoms with van der Waals surface area (Å²) >= 11 is 0. The summed E-state index contributed by atoms with van der Waals surface area (Å²) in [7, 11) is 0. The number of anilines is 1. The van der Waals surface area contributed by atoms with Crippen LogP contribution >= 0.6 is 0 Å². The Balaban J connectivity index is 1.96. The Morgan fingerprint density at radius 1 is 0.623 bits per heavy atom. The minimum absolute atomic E-state index is 0.0295. The normalized spacial score (nSPS) is 11.2. The zero-order valence-electron chi connectivity index (χ0n) is 36.8. The third-order valence-electron chi connectivity index (χ3n) is 9.59. The van der Waals surface area contributed by atoms with Crippen LogP contribution in [-0.4, -0.2) is 56.4 Å². The van der Waals surface area contributed by atoms with Gasteiger partial charge in [0.2, 0.25) is 0 Å². The number of rotatable bonds is 30. The number of nitrogens with zero attached hydrogens (tertiary/aromatic N) is 6. The Bertz CT molecular complexity index is 1930. The topological polar surface area (TPSA) is 167 Å². The minimum atomic E-state index is -0.554. The fourth-order valence-corrected chi connectivity index (χ4v) is 6.09. The predicted octanol–water partition coefficient (Wildman–Crippen LogP) is 13.3. The van der Waals surface area contributed by atoms with Crippen molar-refractivity contribution >= 4 is 46.1 Å². The Morgan fingerprint density at radius 3 is 1.54 bits per heavy atom. The van der Waals surface area contributed by atoms with Gasteiger partial charge in [0.1, 0.15) is 49.3 Å². The van der Waals surface area contributed by atoms with Gasteiger partial charge in [-0.25, -0.2) is 9.59 Å². The number of unbranched alkanes of at least 4 members (excludes halogenated alkanes) is 10. The molecule has 0 aliphatic carbocycles. The summed E-state index contributed by atoms with van der Waals surface area (Å²) < 4.78 is 22.6. The van der Waals surface area contributed by atoms with E-state index in [0.29, 0.717) is 11.4 Å². The van der Waals surface area contributed by atoms with Crippen LogP contribution in [0.1, 0.15) is 110 Å². The number of benzene rings is 3. The molecule has 0 saturated heterocycles. The smallest absolute Gasteiger partial charge is 0.333 e. The summed E-state index contributed by atoms with van der Waals surface area (Å²) in [4.78, 5) is 37.2. The van der Waals surface area contributed by atoms with Gasteiger partial charge in [0.15, 0.2) is 0 Å². The Kier molecular flexibility index (Phi) is 22.5. The molecule has 3 aromatic carbocycles. The molecule has 0 aliphatic rings. The highest BCUT2D eigenvalue weighted by atomic mass is 16.6. The molecule has 0 unspecified atom stereocenters. The van der Waals surface area contributed by atoms with Crippen molar-refractivity contribution in [3.63, 3.8) is 0 Å². The molecule has 0 spiro atoms. The number of ether oxygens (including phenoxy) is 4. The molecule has 14 nitrogen and oxygen atoms in total. The fourth-order valence-electron chi connectivity index (χ4n) is 6.09. The number of aryl methyl sites for hydroxylation is 1. The van der Waals surface area contributed by atoms with Crippen molar-refractivity contribution in [3.05, 3.63) is 94.6 Å². The first-order chi connectivity index (χ1) is 29.4. The van der Waals surface area contributed by atoms with Gasteiger partial charge in [0.05, 0.1) is 16.3 Å². The lowest BCUT2D eigenvalue weighted by atomic mass is 10.1. The first-order valence-corrected chi connectivity index (χ1v) is 21.5. The number of hydrogen-bond donors (Lipinski definition) is 0. The van der Waals surface area contributed by atoms with Crippen LogP contribution in [-0.2, 0) is 19.1 Å². The lowest BCUT2D eigenvalue weighted by molar-refractivity contribution is -0.384. The maximum Gasteiger partial charge on any atom is 0.333 e. The molecule has 3 rings (SSSR count). The molecule has 0 radical (unpaired) electrons. The lowest BCUT2D eigenvalue weighted by Crippen LogP contribution is -2.25. The summed E-state index contributed by atoms with van der Waals surface area (Å²) in [5, 5.41) is 29.0. The fraction of sp³-hybridized carbons (Fsp3) is 0.489. The van der Waals surface area contributed by atoms with Crippen LogP contribution in [0.4, 0.5) is 34.1 Å². The number of carbonyl (C=O) groups is 2. The summed E-state index contributed by atoms with van der Waals surface area (Å²) in [5.41, 5.74) is 4.05. The molecule has 0 saturated carbocycles. The van der Waals surface area contributed by atoms with Gasteiger partial charge in [-0.3, -0.25) is 10.1 Å². The number of non-ortho nitro benzene ring substituents is 1. The van der Waals surface area contributed by atoms with Gasteiger partial charge in [0, 0.05) is 54.2 Å². The summed E-state index contributed by atoms with van der Waals surface area (Å²) in [5.74, 6) is -0.637. The third-order valence-corrected chi connectivity index (χ3v) is 9.59. The van der Waals surface area contributed by atoms with E-state index in [1.165, 1.54) is 88.5 Å². The van der Waals surface area contributed by atoms with E-state index in [1.807, 2.05) is 13.0 Å².